The van der Waals surface area contributed by atoms with Crippen molar-refractivity contribution in [3.05, 3.63) is 59.7 Å². The van der Waals surface area contributed by atoms with Crippen LogP contribution in [0.4, 0.5) is 11.4 Å². The van der Waals surface area contributed by atoms with Crippen LogP contribution >= 0.6 is 0 Å². The standard InChI is InChI=1S/C21H26N2/c1-20(2)12-13-21(3,4)19-14-17(10-11-18(19)20)23-15-22-16-8-6-5-7-9-16/h5-11,14-15H,12-13H2,1-4H3,(H,22,23). The zero-order chi connectivity index (χ0) is 16.5. The van der Waals surface area contributed by atoms with Crippen LogP contribution in [0.2, 0.25) is 0 Å². The van der Waals surface area contributed by atoms with E-state index in [2.05, 4.69) is 56.2 Å². The van der Waals surface area contributed by atoms with Crippen molar-refractivity contribution in [3.63, 3.8) is 0 Å². The van der Waals surface area contributed by atoms with Gasteiger partial charge in [0.05, 0.1) is 12.0 Å². The Morgan fingerprint density at radius 2 is 1.52 bits per heavy atom. The summed E-state index contributed by atoms with van der Waals surface area (Å²) in [6.07, 6.45) is 4.25. The molecule has 0 radical (unpaired) electrons. The van der Waals surface area contributed by atoms with Gasteiger partial charge < -0.3 is 5.32 Å². The van der Waals surface area contributed by atoms with Crippen LogP contribution < -0.4 is 5.32 Å². The van der Waals surface area contributed by atoms with E-state index in [9.17, 15) is 0 Å². The van der Waals surface area contributed by atoms with Crippen molar-refractivity contribution in [2.45, 2.75) is 51.4 Å². The maximum absolute atomic E-state index is 4.44. The first-order valence-corrected chi connectivity index (χ1v) is 8.38. The number of hydrogen-bond acceptors (Lipinski definition) is 1. The lowest BCUT2D eigenvalue weighted by atomic mass is 9.63. The van der Waals surface area contributed by atoms with Gasteiger partial charge in [-0.05, 0) is 59.1 Å². The highest BCUT2D eigenvalue weighted by Crippen LogP contribution is 2.46. The van der Waals surface area contributed by atoms with Crippen LogP contribution in [0.1, 0.15) is 51.7 Å². The molecule has 0 saturated carbocycles. The summed E-state index contributed by atoms with van der Waals surface area (Å²) in [7, 11) is 0. The number of para-hydroxylation sites is 1. The van der Waals surface area contributed by atoms with Gasteiger partial charge in [-0.3, -0.25) is 0 Å². The minimum Gasteiger partial charge on any atom is -0.346 e. The van der Waals surface area contributed by atoms with Crippen LogP contribution in [-0.2, 0) is 10.8 Å². The molecule has 0 aliphatic heterocycles. The second kappa shape index (κ2) is 5.84. The molecule has 0 saturated heterocycles. The molecule has 0 atom stereocenters. The monoisotopic (exact) mass is 306 g/mol. The average Bonchev–Trinajstić information content (AvgIpc) is 2.53. The number of rotatable bonds is 3. The minimum absolute atomic E-state index is 0.235. The number of fused-ring (bicyclic) bond motifs is 1. The van der Waals surface area contributed by atoms with Gasteiger partial charge in [0.15, 0.2) is 0 Å². The first-order valence-electron chi connectivity index (χ1n) is 8.38. The van der Waals surface area contributed by atoms with Gasteiger partial charge in [0.1, 0.15) is 0 Å². The fraction of sp³-hybridized carbons (Fsp3) is 0.381. The number of benzene rings is 2. The molecule has 0 heterocycles. The number of hydrogen-bond donors (Lipinski definition) is 1. The fourth-order valence-corrected chi connectivity index (χ4v) is 3.37. The van der Waals surface area contributed by atoms with Gasteiger partial charge in [-0.15, -0.1) is 0 Å². The SMILES string of the molecule is CC1(C)CCC(C)(C)c2cc(NC=Nc3ccccc3)ccc21. The predicted molar refractivity (Wildman–Crippen MR) is 99.9 cm³/mol. The van der Waals surface area contributed by atoms with Crippen molar-refractivity contribution < 1.29 is 0 Å². The van der Waals surface area contributed by atoms with E-state index in [0.29, 0.717) is 0 Å². The van der Waals surface area contributed by atoms with Crippen LogP contribution in [0, 0.1) is 0 Å². The Kier molecular flexibility index (Phi) is 4.01. The molecule has 0 aromatic heterocycles. The Hall–Kier alpha value is -2.09. The van der Waals surface area contributed by atoms with E-state index in [-0.39, 0.29) is 10.8 Å². The molecule has 0 fully saturated rings. The molecule has 2 aromatic rings. The first-order chi connectivity index (χ1) is 10.9. The van der Waals surface area contributed by atoms with Crippen LogP contribution in [0.15, 0.2) is 53.5 Å². The number of anilines is 1. The molecule has 2 nitrogen and oxygen atoms in total. The van der Waals surface area contributed by atoms with Gasteiger partial charge in [-0.1, -0.05) is 52.0 Å². The van der Waals surface area contributed by atoms with Crippen molar-refractivity contribution in [3.8, 4) is 0 Å². The van der Waals surface area contributed by atoms with Crippen molar-refractivity contribution >= 4 is 17.7 Å². The molecule has 1 aliphatic rings. The lowest BCUT2D eigenvalue weighted by Crippen LogP contribution is -2.33. The third kappa shape index (κ3) is 3.31. The quantitative estimate of drug-likeness (QED) is 0.562. The van der Waals surface area contributed by atoms with Crippen molar-refractivity contribution in [2.24, 2.45) is 4.99 Å². The Morgan fingerprint density at radius 3 is 2.22 bits per heavy atom. The summed E-state index contributed by atoms with van der Waals surface area (Å²) in [6.45, 7) is 9.40. The highest BCUT2D eigenvalue weighted by molar-refractivity contribution is 5.78. The summed E-state index contributed by atoms with van der Waals surface area (Å²) < 4.78 is 0. The van der Waals surface area contributed by atoms with Crippen molar-refractivity contribution in [2.75, 3.05) is 5.32 Å². The number of nitrogens with zero attached hydrogens (tertiary/aromatic N) is 1. The summed E-state index contributed by atoms with van der Waals surface area (Å²) in [5.41, 5.74) is 5.51. The maximum atomic E-state index is 4.44. The second-order valence-corrected chi connectivity index (χ2v) is 7.77. The van der Waals surface area contributed by atoms with E-state index in [4.69, 9.17) is 0 Å². The zero-order valence-electron chi connectivity index (χ0n) is 14.6. The Morgan fingerprint density at radius 1 is 0.870 bits per heavy atom. The molecule has 23 heavy (non-hydrogen) atoms. The van der Waals surface area contributed by atoms with Crippen LogP contribution in [0.3, 0.4) is 0 Å². The van der Waals surface area contributed by atoms with Crippen LogP contribution in [-0.4, -0.2) is 6.34 Å². The Balaban J connectivity index is 1.84. The van der Waals surface area contributed by atoms with E-state index in [0.717, 1.165) is 11.4 Å². The molecule has 0 spiro atoms. The predicted octanol–water partition coefficient (Wildman–Crippen LogP) is 5.81. The molecule has 2 aromatic carbocycles. The van der Waals surface area contributed by atoms with Gasteiger partial charge in [0, 0.05) is 5.69 Å². The Bertz CT molecular complexity index is 712. The first kappa shape index (κ1) is 15.8. The van der Waals surface area contributed by atoms with E-state index < -0.39 is 0 Å². The molecule has 1 aliphatic carbocycles. The zero-order valence-corrected chi connectivity index (χ0v) is 14.6. The molecule has 0 bridgehead atoms. The molecule has 0 unspecified atom stereocenters. The second-order valence-electron chi connectivity index (χ2n) is 7.77. The maximum Gasteiger partial charge on any atom is 0.0930 e. The van der Waals surface area contributed by atoms with Gasteiger partial charge in [0.2, 0.25) is 0 Å². The lowest BCUT2D eigenvalue weighted by Gasteiger charge is -2.42. The van der Waals surface area contributed by atoms with Crippen molar-refractivity contribution in [1.82, 2.24) is 0 Å². The molecular weight excluding hydrogens is 280 g/mol. The fourth-order valence-electron chi connectivity index (χ4n) is 3.37. The molecule has 0 amide bonds. The highest BCUT2D eigenvalue weighted by atomic mass is 14.9. The topological polar surface area (TPSA) is 24.4 Å². The van der Waals surface area contributed by atoms with E-state index in [1.165, 1.54) is 24.0 Å². The highest BCUT2D eigenvalue weighted by Gasteiger charge is 2.36. The smallest absolute Gasteiger partial charge is 0.0930 e. The molecule has 120 valence electrons. The van der Waals surface area contributed by atoms with Gasteiger partial charge in [-0.25, -0.2) is 4.99 Å². The van der Waals surface area contributed by atoms with E-state index in [1.807, 2.05) is 30.3 Å². The van der Waals surface area contributed by atoms with Gasteiger partial charge in [0.25, 0.3) is 0 Å². The van der Waals surface area contributed by atoms with Crippen LogP contribution in [0.25, 0.3) is 0 Å². The summed E-state index contributed by atoms with van der Waals surface area (Å²) in [6, 6.07) is 16.7. The molecule has 1 N–H and O–H groups in total. The third-order valence-corrected chi connectivity index (χ3v) is 5.05. The number of aliphatic imine (C=N–C) groups is 1. The van der Waals surface area contributed by atoms with Crippen LogP contribution in [0.5, 0.6) is 0 Å². The molecule has 2 heteroatoms. The third-order valence-electron chi connectivity index (χ3n) is 5.05. The normalized spacial score (nSPS) is 18.6. The summed E-state index contributed by atoms with van der Waals surface area (Å²) in [5.74, 6) is 0. The average molecular weight is 306 g/mol. The minimum atomic E-state index is 0.235. The van der Waals surface area contributed by atoms with Crippen molar-refractivity contribution in [1.29, 1.82) is 0 Å². The van der Waals surface area contributed by atoms with Gasteiger partial charge >= 0.3 is 0 Å². The molecule has 3 rings (SSSR count). The van der Waals surface area contributed by atoms with Gasteiger partial charge in [-0.2, -0.15) is 0 Å². The van der Waals surface area contributed by atoms with E-state index >= 15 is 0 Å². The summed E-state index contributed by atoms with van der Waals surface area (Å²) >= 11 is 0. The lowest BCUT2D eigenvalue weighted by molar-refractivity contribution is 0.332. The number of nitrogens with one attached hydrogen (secondary N) is 1. The van der Waals surface area contributed by atoms with E-state index in [1.54, 1.807) is 6.34 Å². The molecular formula is C21H26N2. The largest absolute Gasteiger partial charge is 0.346 e. The summed E-state index contributed by atoms with van der Waals surface area (Å²) in [5, 5.41) is 3.32. The summed E-state index contributed by atoms with van der Waals surface area (Å²) in [4.78, 5) is 4.44. The Labute approximate surface area is 139 Å².